The number of rotatable bonds is 4. The lowest BCUT2D eigenvalue weighted by molar-refractivity contribution is 0.527. The van der Waals surface area contributed by atoms with Crippen molar-refractivity contribution in [2.45, 2.75) is 19.5 Å². The molecule has 4 heteroatoms. The van der Waals surface area contributed by atoms with Crippen molar-refractivity contribution in [1.29, 1.82) is 0 Å². The fourth-order valence-electron chi connectivity index (χ4n) is 1.73. The molecule has 0 fully saturated rings. The summed E-state index contributed by atoms with van der Waals surface area (Å²) in [7, 11) is 0. The Labute approximate surface area is 114 Å². The summed E-state index contributed by atoms with van der Waals surface area (Å²) in [6, 6.07) is 8.80. The van der Waals surface area contributed by atoms with E-state index in [1.165, 1.54) is 6.07 Å². The number of halogens is 2. The van der Waals surface area contributed by atoms with Crippen LogP contribution in [0.5, 0.6) is 0 Å². The lowest BCUT2D eigenvalue weighted by Gasteiger charge is -2.15. The smallest absolute Gasteiger partial charge is 0.128 e. The molecule has 0 aliphatic heterocycles. The molecule has 2 rings (SSSR count). The van der Waals surface area contributed by atoms with Crippen LogP contribution < -0.4 is 5.32 Å². The van der Waals surface area contributed by atoms with E-state index in [2.05, 4.69) is 26.2 Å². The predicted octanol–water partition coefficient (Wildman–Crippen LogP) is 3.83. The molecular formula is C14H14BrFN2. The average Bonchev–Trinajstić information content (AvgIpc) is 2.40. The maximum absolute atomic E-state index is 13.7. The zero-order valence-electron chi connectivity index (χ0n) is 10.0. The van der Waals surface area contributed by atoms with Gasteiger partial charge in [0, 0.05) is 35.0 Å². The quantitative estimate of drug-likeness (QED) is 0.928. The second kappa shape index (κ2) is 6.07. The maximum atomic E-state index is 13.7. The zero-order chi connectivity index (χ0) is 13.0. The summed E-state index contributed by atoms with van der Waals surface area (Å²) >= 11 is 3.36. The maximum Gasteiger partial charge on any atom is 0.128 e. The zero-order valence-corrected chi connectivity index (χ0v) is 11.6. The van der Waals surface area contributed by atoms with Crippen LogP contribution in [-0.4, -0.2) is 4.98 Å². The van der Waals surface area contributed by atoms with Crippen molar-refractivity contribution < 1.29 is 4.39 Å². The van der Waals surface area contributed by atoms with Gasteiger partial charge in [-0.15, -0.1) is 0 Å². The minimum atomic E-state index is -0.190. The van der Waals surface area contributed by atoms with Crippen LogP contribution in [0.15, 0.2) is 47.2 Å². The van der Waals surface area contributed by atoms with Gasteiger partial charge in [-0.1, -0.05) is 22.0 Å². The van der Waals surface area contributed by atoms with Gasteiger partial charge in [-0.3, -0.25) is 4.98 Å². The first kappa shape index (κ1) is 13.2. The first-order chi connectivity index (χ1) is 8.66. The normalized spacial score (nSPS) is 12.4. The van der Waals surface area contributed by atoms with Crippen molar-refractivity contribution in [1.82, 2.24) is 10.3 Å². The highest BCUT2D eigenvalue weighted by molar-refractivity contribution is 9.10. The van der Waals surface area contributed by atoms with Crippen molar-refractivity contribution in [2.24, 2.45) is 0 Å². The van der Waals surface area contributed by atoms with E-state index in [0.717, 1.165) is 10.0 Å². The number of nitrogens with zero attached hydrogens (tertiary/aromatic N) is 1. The van der Waals surface area contributed by atoms with Crippen LogP contribution >= 0.6 is 15.9 Å². The van der Waals surface area contributed by atoms with Crippen molar-refractivity contribution in [3.8, 4) is 0 Å². The topological polar surface area (TPSA) is 24.9 Å². The lowest BCUT2D eigenvalue weighted by atomic mass is 10.1. The van der Waals surface area contributed by atoms with Crippen LogP contribution in [0, 0.1) is 5.82 Å². The SMILES string of the molecule is C[C@@H](NCc1cccnc1)c1cc(Br)ccc1F. The van der Waals surface area contributed by atoms with Crippen molar-refractivity contribution in [2.75, 3.05) is 0 Å². The summed E-state index contributed by atoms with van der Waals surface area (Å²) in [5.74, 6) is -0.190. The molecule has 94 valence electrons. The predicted molar refractivity (Wildman–Crippen MR) is 73.6 cm³/mol. The van der Waals surface area contributed by atoms with Gasteiger partial charge in [-0.2, -0.15) is 0 Å². The summed E-state index contributed by atoms with van der Waals surface area (Å²) in [4.78, 5) is 4.05. The fraction of sp³-hybridized carbons (Fsp3) is 0.214. The Morgan fingerprint density at radius 1 is 1.39 bits per heavy atom. The third-order valence-corrected chi connectivity index (χ3v) is 3.25. The van der Waals surface area contributed by atoms with Crippen LogP contribution in [-0.2, 0) is 6.54 Å². The number of hydrogen-bond acceptors (Lipinski definition) is 2. The molecule has 0 amide bonds. The third kappa shape index (κ3) is 3.37. The molecule has 1 heterocycles. The van der Waals surface area contributed by atoms with Crippen LogP contribution in [0.2, 0.25) is 0 Å². The highest BCUT2D eigenvalue weighted by Gasteiger charge is 2.10. The van der Waals surface area contributed by atoms with E-state index < -0.39 is 0 Å². The van der Waals surface area contributed by atoms with Gasteiger partial charge in [0.1, 0.15) is 5.82 Å². The molecule has 2 aromatic rings. The Morgan fingerprint density at radius 3 is 2.94 bits per heavy atom. The Balaban J connectivity index is 2.03. The Kier molecular flexibility index (Phi) is 4.44. The van der Waals surface area contributed by atoms with Crippen LogP contribution in [0.1, 0.15) is 24.1 Å². The number of pyridine rings is 1. The first-order valence-electron chi connectivity index (χ1n) is 5.74. The monoisotopic (exact) mass is 308 g/mol. The van der Waals surface area contributed by atoms with Gasteiger partial charge in [-0.05, 0) is 36.8 Å². The number of aromatic nitrogens is 1. The summed E-state index contributed by atoms with van der Waals surface area (Å²) < 4.78 is 14.6. The summed E-state index contributed by atoms with van der Waals surface area (Å²) in [6.45, 7) is 2.61. The van der Waals surface area contributed by atoms with Crippen molar-refractivity contribution in [3.63, 3.8) is 0 Å². The largest absolute Gasteiger partial charge is 0.306 e. The van der Waals surface area contributed by atoms with Gasteiger partial charge in [0.15, 0.2) is 0 Å². The lowest BCUT2D eigenvalue weighted by Crippen LogP contribution is -2.19. The Bertz CT molecular complexity index is 516. The van der Waals surface area contributed by atoms with E-state index in [9.17, 15) is 4.39 Å². The van der Waals surface area contributed by atoms with E-state index in [1.54, 1.807) is 24.5 Å². The molecule has 0 spiro atoms. The van der Waals surface area contributed by atoms with Crippen molar-refractivity contribution >= 4 is 15.9 Å². The summed E-state index contributed by atoms with van der Waals surface area (Å²) in [6.07, 6.45) is 3.54. The fourth-order valence-corrected chi connectivity index (χ4v) is 2.11. The number of nitrogens with one attached hydrogen (secondary N) is 1. The highest BCUT2D eigenvalue weighted by atomic mass is 79.9. The molecule has 1 atom stereocenters. The van der Waals surface area contributed by atoms with Gasteiger partial charge < -0.3 is 5.32 Å². The molecule has 1 N–H and O–H groups in total. The van der Waals surface area contributed by atoms with Gasteiger partial charge in [-0.25, -0.2) is 4.39 Å². The minimum absolute atomic E-state index is 0.0530. The molecule has 1 aromatic carbocycles. The average molecular weight is 309 g/mol. The molecule has 0 aliphatic rings. The second-order valence-electron chi connectivity index (χ2n) is 4.13. The summed E-state index contributed by atoms with van der Waals surface area (Å²) in [5.41, 5.74) is 1.74. The van der Waals surface area contributed by atoms with E-state index in [1.807, 2.05) is 19.1 Å². The molecule has 2 nitrogen and oxygen atoms in total. The van der Waals surface area contributed by atoms with E-state index in [0.29, 0.717) is 12.1 Å². The molecule has 18 heavy (non-hydrogen) atoms. The number of hydrogen-bond donors (Lipinski definition) is 1. The summed E-state index contributed by atoms with van der Waals surface area (Å²) in [5, 5.41) is 3.28. The molecule has 0 saturated heterocycles. The Morgan fingerprint density at radius 2 is 2.22 bits per heavy atom. The van der Waals surface area contributed by atoms with Crippen LogP contribution in [0.4, 0.5) is 4.39 Å². The van der Waals surface area contributed by atoms with Gasteiger partial charge in [0.25, 0.3) is 0 Å². The van der Waals surface area contributed by atoms with E-state index in [4.69, 9.17) is 0 Å². The van der Waals surface area contributed by atoms with Crippen LogP contribution in [0.25, 0.3) is 0 Å². The van der Waals surface area contributed by atoms with Gasteiger partial charge in [0.2, 0.25) is 0 Å². The van der Waals surface area contributed by atoms with E-state index >= 15 is 0 Å². The number of benzene rings is 1. The molecule has 0 saturated carbocycles. The minimum Gasteiger partial charge on any atom is -0.306 e. The van der Waals surface area contributed by atoms with Crippen LogP contribution in [0.3, 0.4) is 0 Å². The van der Waals surface area contributed by atoms with Gasteiger partial charge in [0.05, 0.1) is 0 Å². The van der Waals surface area contributed by atoms with Crippen molar-refractivity contribution in [3.05, 3.63) is 64.1 Å². The molecular weight excluding hydrogens is 295 g/mol. The van der Waals surface area contributed by atoms with Gasteiger partial charge >= 0.3 is 0 Å². The highest BCUT2D eigenvalue weighted by Crippen LogP contribution is 2.21. The standard InChI is InChI=1S/C14H14BrFN2/c1-10(13-7-12(15)4-5-14(13)16)18-9-11-3-2-6-17-8-11/h2-8,10,18H,9H2,1H3/t10-/m1/s1. The molecule has 1 aromatic heterocycles. The first-order valence-corrected chi connectivity index (χ1v) is 6.53. The molecule has 0 unspecified atom stereocenters. The molecule has 0 radical (unpaired) electrons. The second-order valence-corrected chi connectivity index (χ2v) is 5.05. The third-order valence-electron chi connectivity index (χ3n) is 2.76. The molecule has 0 bridgehead atoms. The Hall–Kier alpha value is -1.26. The van der Waals surface area contributed by atoms with E-state index in [-0.39, 0.29) is 11.9 Å². The molecule has 0 aliphatic carbocycles.